The number of ether oxygens (including phenoxy) is 1. The van der Waals surface area contributed by atoms with Crippen LogP contribution in [-0.4, -0.2) is 23.1 Å². The molecule has 0 bridgehead atoms. The van der Waals surface area contributed by atoms with Crippen LogP contribution >= 0.6 is 0 Å². The van der Waals surface area contributed by atoms with Gasteiger partial charge >= 0.3 is 11.9 Å². The Morgan fingerprint density at radius 2 is 0.929 bits per heavy atom. The number of carboxylic acids is 1. The van der Waals surface area contributed by atoms with Gasteiger partial charge in [-0.2, -0.15) is 0 Å². The number of carbonyl (C=O) groups excluding carboxylic acids is 1. The fourth-order valence-electron chi connectivity index (χ4n) is 5.38. The lowest BCUT2D eigenvalue weighted by atomic mass is 10.1. The number of hydrogen-bond donors (Lipinski definition) is 1. The lowest BCUT2D eigenvalue weighted by molar-refractivity contribution is -0.147. The topological polar surface area (TPSA) is 63.6 Å². The van der Waals surface area contributed by atoms with Crippen molar-refractivity contribution in [3.05, 3.63) is 24.3 Å². The van der Waals surface area contributed by atoms with Crippen LogP contribution in [0.25, 0.3) is 0 Å². The minimum Gasteiger partial charge on any atom is -0.481 e. The van der Waals surface area contributed by atoms with Crippen LogP contribution in [0.2, 0.25) is 0 Å². The Morgan fingerprint density at radius 1 is 0.524 bits per heavy atom. The zero-order valence-electron chi connectivity index (χ0n) is 28.1. The number of unbranched alkanes of at least 4 members (excludes halogenated alkanes) is 22. The molecule has 0 saturated heterocycles. The van der Waals surface area contributed by atoms with Gasteiger partial charge in [0.05, 0.1) is 0 Å². The van der Waals surface area contributed by atoms with Crippen LogP contribution in [0.15, 0.2) is 24.3 Å². The number of carboxylic acid groups (broad SMARTS) is 1. The van der Waals surface area contributed by atoms with Gasteiger partial charge in [-0.15, -0.1) is 0 Å². The van der Waals surface area contributed by atoms with E-state index in [1.807, 2.05) is 0 Å². The summed E-state index contributed by atoms with van der Waals surface area (Å²) in [4.78, 5) is 23.2. The molecule has 4 heteroatoms. The second-order valence-corrected chi connectivity index (χ2v) is 12.4. The Bertz CT molecular complexity index is 639. The van der Waals surface area contributed by atoms with Gasteiger partial charge in [0.1, 0.15) is 6.10 Å². The molecule has 1 unspecified atom stereocenters. The van der Waals surface area contributed by atoms with Gasteiger partial charge in [-0.1, -0.05) is 141 Å². The molecule has 0 aromatic rings. The second kappa shape index (κ2) is 33.9. The molecule has 0 aromatic carbocycles. The standard InChI is InChI=1S/C38H70O4/c1-3-5-7-9-11-12-13-14-15-16-17-18-19-20-21-22-23-25-31-35-38(41)42-36(32-28-24-10-8-6-4-2)33-29-26-27-30-34-37(39)40/h14-15,28,32,36H,3-13,16-27,29-31,33-35H2,1-2H3,(H,39,40)/b15-14-,32-28-. The summed E-state index contributed by atoms with van der Waals surface area (Å²) in [5, 5.41) is 8.79. The van der Waals surface area contributed by atoms with E-state index in [9.17, 15) is 9.59 Å². The number of esters is 1. The molecule has 0 rings (SSSR count). The molecule has 0 aromatic heterocycles. The molecule has 0 aliphatic carbocycles. The van der Waals surface area contributed by atoms with Crippen LogP contribution < -0.4 is 0 Å². The molecule has 1 N–H and O–H groups in total. The summed E-state index contributed by atoms with van der Waals surface area (Å²) in [6, 6.07) is 0. The summed E-state index contributed by atoms with van der Waals surface area (Å²) in [5.41, 5.74) is 0. The van der Waals surface area contributed by atoms with Gasteiger partial charge in [0.25, 0.3) is 0 Å². The van der Waals surface area contributed by atoms with Crippen LogP contribution in [0, 0.1) is 0 Å². The van der Waals surface area contributed by atoms with Crippen molar-refractivity contribution < 1.29 is 19.4 Å². The summed E-state index contributed by atoms with van der Waals surface area (Å²) in [6.45, 7) is 4.50. The van der Waals surface area contributed by atoms with Crippen LogP contribution in [0.1, 0.15) is 200 Å². The Labute approximate surface area is 261 Å². The summed E-state index contributed by atoms with van der Waals surface area (Å²) in [5.74, 6) is -0.789. The van der Waals surface area contributed by atoms with Crippen molar-refractivity contribution in [3.63, 3.8) is 0 Å². The normalized spacial score (nSPS) is 12.4. The van der Waals surface area contributed by atoms with E-state index in [0.29, 0.717) is 6.42 Å². The van der Waals surface area contributed by atoms with E-state index in [4.69, 9.17) is 9.84 Å². The summed E-state index contributed by atoms with van der Waals surface area (Å²) >= 11 is 0. The van der Waals surface area contributed by atoms with Gasteiger partial charge in [0.2, 0.25) is 0 Å². The molecule has 0 amide bonds. The lowest BCUT2D eigenvalue weighted by Gasteiger charge is -2.15. The van der Waals surface area contributed by atoms with E-state index in [1.165, 1.54) is 122 Å². The van der Waals surface area contributed by atoms with Crippen LogP contribution in [0.5, 0.6) is 0 Å². The maximum absolute atomic E-state index is 12.5. The first kappa shape index (κ1) is 40.4. The van der Waals surface area contributed by atoms with Crippen molar-refractivity contribution in [2.45, 2.75) is 206 Å². The molecule has 4 nitrogen and oxygen atoms in total. The molecular formula is C38H70O4. The van der Waals surface area contributed by atoms with Gasteiger partial charge in [-0.3, -0.25) is 9.59 Å². The van der Waals surface area contributed by atoms with E-state index < -0.39 is 5.97 Å². The summed E-state index contributed by atoms with van der Waals surface area (Å²) < 4.78 is 5.84. The molecule has 0 aliphatic rings. The minimum absolute atomic E-state index is 0.0671. The lowest BCUT2D eigenvalue weighted by Crippen LogP contribution is -2.16. The molecule has 42 heavy (non-hydrogen) atoms. The largest absolute Gasteiger partial charge is 0.481 e. The smallest absolute Gasteiger partial charge is 0.306 e. The maximum Gasteiger partial charge on any atom is 0.306 e. The molecule has 0 aliphatic heterocycles. The Hall–Kier alpha value is -1.58. The monoisotopic (exact) mass is 591 g/mol. The third-order valence-electron chi connectivity index (χ3n) is 8.13. The first-order valence-electron chi connectivity index (χ1n) is 18.3. The highest BCUT2D eigenvalue weighted by Gasteiger charge is 2.11. The van der Waals surface area contributed by atoms with Crippen LogP contribution in [0.4, 0.5) is 0 Å². The van der Waals surface area contributed by atoms with Gasteiger partial charge in [-0.05, 0) is 70.3 Å². The van der Waals surface area contributed by atoms with Crippen LogP contribution in [-0.2, 0) is 14.3 Å². The van der Waals surface area contributed by atoms with Gasteiger partial charge in [0, 0.05) is 12.8 Å². The van der Waals surface area contributed by atoms with E-state index in [-0.39, 0.29) is 18.5 Å². The average Bonchev–Trinajstić information content (AvgIpc) is 2.97. The van der Waals surface area contributed by atoms with E-state index in [1.54, 1.807) is 0 Å². The highest BCUT2D eigenvalue weighted by Crippen LogP contribution is 2.15. The Morgan fingerprint density at radius 3 is 1.45 bits per heavy atom. The maximum atomic E-state index is 12.5. The first-order chi connectivity index (χ1) is 20.6. The number of hydrogen-bond acceptors (Lipinski definition) is 3. The number of aliphatic carboxylic acids is 1. The van der Waals surface area contributed by atoms with Gasteiger partial charge in [-0.25, -0.2) is 0 Å². The third kappa shape index (κ3) is 32.9. The fraction of sp³-hybridized carbons (Fsp3) is 0.842. The Kier molecular flexibility index (Phi) is 32.6. The van der Waals surface area contributed by atoms with Crippen molar-refractivity contribution in [2.75, 3.05) is 0 Å². The highest BCUT2D eigenvalue weighted by atomic mass is 16.5. The third-order valence-corrected chi connectivity index (χ3v) is 8.13. The summed E-state index contributed by atoms with van der Waals surface area (Å²) in [7, 11) is 0. The molecule has 246 valence electrons. The molecule has 0 saturated carbocycles. The molecule has 0 fully saturated rings. The van der Waals surface area contributed by atoms with E-state index >= 15 is 0 Å². The molecule has 0 heterocycles. The number of allylic oxidation sites excluding steroid dienone is 3. The molecule has 0 spiro atoms. The number of rotatable bonds is 33. The van der Waals surface area contributed by atoms with Gasteiger partial charge < -0.3 is 9.84 Å². The fourth-order valence-corrected chi connectivity index (χ4v) is 5.38. The minimum atomic E-state index is -0.722. The SMILES string of the molecule is CCCCCC/C=C\C(CCCCCCC(=O)O)OC(=O)CCCCCCCCCCC/C=C\CCCCCCCC. The zero-order valence-corrected chi connectivity index (χ0v) is 28.1. The van der Waals surface area contributed by atoms with Gasteiger partial charge in [0.15, 0.2) is 0 Å². The van der Waals surface area contributed by atoms with Crippen molar-refractivity contribution >= 4 is 11.9 Å². The molecular weight excluding hydrogens is 520 g/mol. The predicted molar refractivity (Wildman–Crippen MR) is 181 cm³/mol. The second-order valence-electron chi connectivity index (χ2n) is 12.4. The van der Waals surface area contributed by atoms with Crippen molar-refractivity contribution in [1.82, 2.24) is 0 Å². The average molecular weight is 591 g/mol. The van der Waals surface area contributed by atoms with Crippen molar-refractivity contribution in [2.24, 2.45) is 0 Å². The number of carbonyl (C=O) groups is 2. The van der Waals surface area contributed by atoms with Crippen LogP contribution in [0.3, 0.4) is 0 Å². The molecule has 0 radical (unpaired) electrons. The quantitative estimate of drug-likeness (QED) is 0.0469. The van der Waals surface area contributed by atoms with Crippen molar-refractivity contribution in [1.29, 1.82) is 0 Å². The molecule has 1 atom stereocenters. The predicted octanol–water partition coefficient (Wildman–Crippen LogP) is 12.4. The highest BCUT2D eigenvalue weighted by molar-refractivity contribution is 5.69. The van der Waals surface area contributed by atoms with E-state index in [2.05, 4.69) is 38.2 Å². The zero-order chi connectivity index (χ0) is 30.8. The first-order valence-corrected chi connectivity index (χ1v) is 18.3. The van der Waals surface area contributed by atoms with Crippen molar-refractivity contribution in [3.8, 4) is 0 Å². The summed E-state index contributed by atoms with van der Waals surface area (Å²) in [6.07, 6.45) is 42.2. The van der Waals surface area contributed by atoms with E-state index in [0.717, 1.165) is 51.4 Å². The Balaban J connectivity index is 3.82.